The molecule has 0 radical (unpaired) electrons. The molecule has 0 aliphatic heterocycles. The molecule has 4 aliphatic carbocycles. The molecule has 53 heavy (non-hydrogen) atoms. The van der Waals surface area contributed by atoms with Gasteiger partial charge in [0, 0.05) is 54.2 Å². The summed E-state index contributed by atoms with van der Waals surface area (Å²) in [6, 6.07) is 34.5. The van der Waals surface area contributed by atoms with Gasteiger partial charge in [-0.3, -0.25) is 19.9 Å². The fourth-order valence-corrected chi connectivity index (χ4v) is 14.3. The van der Waals surface area contributed by atoms with Gasteiger partial charge in [-0.05, 0) is 72.8 Å². The molecular weight excluding hydrogens is 726 g/mol. The molecule has 0 spiro atoms. The number of hydrogen-bond donors (Lipinski definition) is 0. The summed E-state index contributed by atoms with van der Waals surface area (Å²) in [5.74, 6) is 3.70. The minimum absolute atomic E-state index is 0. The Kier molecular flexibility index (Phi) is 11.6. The molecule has 2 aromatic heterocycles. The minimum atomic E-state index is -0.725. The predicted octanol–water partition coefficient (Wildman–Crippen LogP) is 11.5. The van der Waals surface area contributed by atoms with Gasteiger partial charge in [-0.25, -0.2) is 0 Å². The van der Waals surface area contributed by atoms with Crippen molar-refractivity contribution in [2.45, 2.75) is 75.0 Å². The van der Waals surface area contributed by atoms with Crippen LogP contribution in [0.4, 0.5) is 0 Å². The molecule has 2 heterocycles. The molecule has 7 heteroatoms. The van der Waals surface area contributed by atoms with E-state index in [2.05, 4.69) is 107 Å². The van der Waals surface area contributed by atoms with Gasteiger partial charge in [0.2, 0.25) is 0 Å². The predicted molar refractivity (Wildman–Crippen MR) is 220 cm³/mol. The first-order valence-corrected chi connectivity index (χ1v) is 21.2. The Morgan fingerprint density at radius 3 is 1.64 bits per heavy atom. The second kappa shape index (κ2) is 16.2. The first kappa shape index (κ1) is 38.0. The molecule has 4 nitrogen and oxygen atoms in total. The van der Waals surface area contributed by atoms with E-state index in [4.69, 9.17) is 9.97 Å². The number of aromatic nitrogens is 4. The topological polar surface area (TPSA) is 51.6 Å². The summed E-state index contributed by atoms with van der Waals surface area (Å²) in [5, 5.41) is -0.509. The molecule has 0 amide bonds. The van der Waals surface area contributed by atoms with Gasteiger partial charge in [0.1, 0.15) is 0 Å². The second-order valence-electron chi connectivity index (χ2n) is 16.2. The van der Waals surface area contributed by atoms with Gasteiger partial charge < -0.3 is 30.3 Å². The van der Waals surface area contributed by atoms with Crippen LogP contribution in [-0.2, 0) is 28.4 Å². The summed E-state index contributed by atoms with van der Waals surface area (Å²) in [7, 11) is 2.84. The first-order chi connectivity index (χ1) is 25.3. The molecule has 2 unspecified atom stereocenters. The normalized spacial score (nSPS) is 22.4. The number of nitrogens with zero attached hydrogens (tertiary/aromatic N) is 4. The van der Waals surface area contributed by atoms with Gasteiger partial charge in [0.15, 0.2) is 0 Å². The summed E-state index contributed by atoms with van der Waals surface area (Å²) in [6.45, 7) is 7.60. The average molecular weight is 777 g/mol. The molecule has 0 N–H and O–H groups in total. The van der Waals surface area contributed by atoms with E-state index in [1.807, 2.05) is 42.7 Å². The van der Waals surface area contributed by atoms with Crippen molar-refractivity contribution in [1.29, 1.82) is 0 Å². The molecule has 4 saturated carbocycles. The van der Waals surface area contributed by atoms with Gasteiger partial charge >= 0.3 is 0 Å². The maximum absolute atomic E-state index is 4.96. The third kappa shape index (κ3) is 7.66. The van der Waals surface area contributed by atoms with E-state index in [1.165, 1.54) is 65.5 Å². The Hall–Kier alpha value is -3.32. The molecule has 4 aliphatic rings. The van der Waals surface area contributed by atoms with E-state index in [-0.39, 0.29) is 30.1 Å². The first-order valence-electron chi connectivity index (χ1n) is 19.0. The van der Waals surface area contributed by atoms with Crippen LogP contribution in [0.1, 0.15) is 75.4 Å². The van der Waals surface area contributed by atoms with Gasteiger partial charge in [-0.15, -0.1) is 39.4 Å². The third-order valence-electron chi connectivity index (χ3n) is 12.0. The van der Waals surface area contributed by atoms with E-state index in [9.17, 15) is 0 Å². The number of benzene rings is 2. The number of hydrogen-bond acceptors (Lipinski definition) is 4. The Bertz CT molecular complexity index is 1940. The fraction of sp³-hybridized carbons (Fsp3) is 0.348. The molecule has 278 valence electrons. The van der Waals surface area contributed by atoms with Crippen LogP contribution in [0.3, 0.4) is 0 Å². The van der Waals surface area contributed by atoms with Crippen LogP contribution < -0.4 is 0 Å². The van der Waals surface area contributed by atoms with Crippen molar-refractivity contribution in [2.75, 3.05) is 0 Å². The molecule has 0 saturated heterocycles. The van der Waals surface area contributed by atoms with Crippen molar-refractivity contribution in [1.82, 2.24) is 19.9 Å². The largest absolute Gasteiger partial charge is 0.748 e. The summed E-state index contributed by atoms with van der Waals surface area (Å²) in [4.78, 5) is 19.1. The van der Waals surface area contributed by atoms with E-state index in [0.717, 1.165) is 46.9 Å². The Morgan fingerprint density at radius 2 is 1.19 bits per heavy atom. The molecular formula is C46H50FeN4P2-6. The van der Waals surface area contributed by atoms with Gasteiger partial charge in [-0.2, -0.15) is 6.07 Å². The summed E-state index contributed by atoms with van der Waals surface area (Å²) >= 11 is 0. The van der Waals surface area contributed by atoms with Crippen molar-refractivity contribution in [2.24, 2.45) is 23.7 Å². The van der Waals surface area contributed by atoms with E-state index < -0.39 is 5.16 Å². The third-order valence-corrected chi connectivity index (χ3v) is 16.8. The standard InChI is InChI=1S/C41H45N4P2.C5H5.Fe/c1-40(2,3)47(39-31-19-27-18-28(21-31)22-32(39)20-27)26-34-35(41(46,36-24-42-14-16-44-36)37-25-43-15-17-45-37)23-33(29-10-6-4-7-11-29)38(34)30-12-8-5-9-13-30;1-2-4-5-3-1;/h4-17,23-25,27-28,31-32,39H,18-22,26,46H2,1-3H3;1-5H;/q-1;-5;. The van der Waals surface area contributed by atoms with Crippen molar-refractivity contribution in [3.63, 3.8) is 0 Å². The molecule has 6 aromatic rings. The zero-order chi connectivity index (χ0) is 35.7. The maximum atomic E-state index is 4.96. The van der Waals surface area contributed by atoms with Crippen molar-refractivity contribution >= 4 is 17.2 Å². The SMILES string of the molecule is CC(C)(C)P(C[c-]1c(C(P)(c2cnccn2)c2cnccn2)cc(-c2ccccc2)c1-c1ccccc1)C1C2CC3CC(C2)CC1C3.[Fe].[cH-]1[cH-][cH-][cH-][cH-]1. The summed E-state index contributed by atoms with van der Waals surface area (Å²) in [6.07, 6.45) is 19.3. The molecule has 4 bridgehead atoms. The molecule has 4 fully saturated rings. The number of rotatable bonds is 8. The maximum Gasteiger partial charge on any atom is 0.0795 e. The van der Waals surface area contributed by atoms with Crippen LogP contribution in [0.15, 0.2) is 134 Å². The van der Waals surface area contributed by atoms with Crippen LogP contribution in [0.5, 0.6) is 0 Å². The Labute approximate surface area is 330 Å². The zero-order valence-electron chi connectivity index (χ0n) is 31.0. The van der Waals surface area contributed by atoms with Crippen LogP contribution in [0, 0.1) is 23.7 Å². The van der Waals surface area contributed by atoms with Crippen LogP contribution in [-0.4, -0.2) is 30.8 Å². The molecule has 10 rings (SSSR count). The van der Waals surface area contributed by atoms with E-state index in [1.54, 1.807) is 24.8 Å². The van der Waals surface area contributed by atoms with E-state index >= 15 is 0 Å². The van der Waals surface area contributed by atoms with Gasteiger partial charge in [0.05, 0.1) is 16.5 Å². The second-order valence-corrected chi connectivity index (χ2v) is 20.3. The van der Waals surface area contributed by atoms with Crippen molar-refractivity contribution in [3.05, 3.63) is 157 Å². The molecule has 2 atom stereocenters. The average Bonchev–Trinajstić information content (AvgIpc) is 3.88. The van der Waals surface area contributed by atoms with Gasteiger partial charge in [-0.1, -0.05) is 92.6 Å². The Balaban J connectivity index is 0.000000671. The van der Waals surface area contributed by atoms with E-state index in [0.29, 0.717) is 0 Å². The quantitative estimate of drug-likeness (QED) is 0.0878. The summed E-state index contributed by atoms with van der Waals surface area (Å²) < 4.78 is 0. The van der Waals surface area contributed by atoms with Crippen LogP contribution in [0.2, 0.25) is 0 Å². The fourth-order valence-electron chi connectivity index (χ4n) is 10.00. The Morgan fingerprint density at radius 1 is 0.698 bits per heavy atom. The summed E-state index contributed by atoms with van der Waals surface area (Å²) in [5.41, 5.74) is 10.4. The van der Waals surface area contributed by atoms with Crippen LogP contribution in [0.25, 0.3) is 22.3 Å². The van der Waals surface area contributed by atoms with Crippen molar-refractivity contribution in [3.8, 4) is 22.3 Å². The van der Waals surface area contributed by atoms with Crippen LogP contribution >= 0.6 is 17.2 Å². The minimum Gasteiger partial charge on any atom is -0.748 e. The zero-order valence-corrected chi connectivity index (χ0v) is 34.2. The molecule has 4 aromatic carbocycles. The monoisotopic (exact) mass is 776 g/mol. The van der Waals surface area contributed by atoms with Gasteiger partial charge in [0.25, 0.3) is 0 Å². The smallest absolute Gasteiger partial charge is 0.0795 e. The van der Waals surface area contributed by atoms with Crippen molar-refractivity contribution < 1.29 is 17.1 Å².